The molecule has 0 bridgehead atoms. The third kappa shape index (κ3) is 4.30. The van der Waals surface area contributed by atoms with Crippen LogP contribution in [-0.2, 0) is 26.7 Å². The molecule has 6 rings (SSSR count). The van der Waals surface area contributed by atoms with Crippen LogP contribution in [0.15, 0.2) is 64.0 Å². The van der Waals surface area contributed by atoms with Gasteiger partial charge in [-0.25, -0.2) is 0 Å². The van der Waals surface area contributed by atoms with Crippen LogP contribution in [0.25, 0.3) is 11.1 Å². The Bertz CT molecular complexity index is 1010. The van der Waals surface area contributed by atoms with Crippen molar-refractivity contribution in [1.82, 2.24) is 0 Å². The summed E-state index contributed by atoms with van der Waals surface area (Å²) in [6, 6.07) is 16.8. The van der Waals surface area contributed by atoms with Gasteiger partial charge < -0.3 is 0 Å². The Labute approximate surface area is 217 Å². The number of fused-ring (bicyclic) bond motifs is 3. The van der Waals surface area contributed by atoms with Crippen molar-refractivity contribution in [3.63, 3.8) is 0 Å². The summed E-state index contributed by atoms with van der Waals surface area (Å²) < 4.78 is 5.93. The number of rotatable bonds is 4. The van der Waals surface area contributed by atoms with Gasteiger partial charge in [-0.05, 0) is 0 Å². The van der Waals surface area contributed by atoms with E-state index in [4.69, 9.17) is 0 Å². The van der Waals surface area contributed by atoms with Crippen molar-refractivity contribution in [3.05, 3.63) is 75.1 Å². The minimum Gasteiger partial charge on any atom is -0.147 e. The first-order valence-corrected chi connectivity index (χ1v) is 18.3. The number of benzene rings is 2. The fourth-order valence-corrected chi connectivity index (χ4v) is 26.3. The predicted molar refractivity (Wildman–Crippen MR) is 144 cm³/mol. The second kappa shape index (κ2) is 11.0. The Hall–Kier alpha value is -0.617. The molecule has 4 aliphatic carbocycles. The van der Waals surface area contributed by atoms with Crippen LogP contribution in [-0.4, -0.2) is 0 Å². The van der Waals surface area contributed by atoms with Crippen molar-refractivity contribution < 1.29 is 20.3 Å². The fraction of sp³-hybridized carbons (Fsp3) is 0.467. The molecule has 0 saturated heterocycles. The standard InChI is InChI=1S/C13H9.2C6H11.C5H5.2ClH.Zr/c1-3-7-12-10(5-1)9-11-6-2-4-8-13(11)12;2*1-2-4-6-5-3-1;1-2-4-5-3-1;;;/h1-5,7-8H,9H2;2*1H,2-6H2;1-3H,4H2;2*1H;. The van der Waals surface area contributed by atoms with Crippen LogP contribution in [0.3, 0.4) is 0 Å². The maximum atomic E-state index is 2.66. The molecular weight excluding hydrogens is 522 g/mol. The van der Waals surface area contributed by atoms with Gasteiger partial charge in [0.2, 0.25) is 0 Å². The molecular formula is C30H38Cl2Zr. The first-order valence-electron chi connectivity index (χ1n) is 13.0. The van der Waals surface area contributed by atoms with E-state index < -0.39 is 20.3 Å². The summed E-state index contributed by atoms with van der Waals surface area (Å²) in [5.74, 6) is 0. The van der Waals surface area contributed by atoms with E-state index >= 15 is 0 Å². The van der Waals surface area contributed by atoms with Crippen LogP contribution < -0.4 is 3.27 Å². The molecule has 0 N–H and O–H groups in total. The van der Waals surface area contributed by atoms with Gasteiger partial charge in [-0.15, -0.1) is 24.8 Å². The van der Waals surface area contributed by atoms with E-state index in [1.807, 2.05) is 6.55 Å². The molecule has 4 aliphatic rings. The molecule has 2 aromatic rings. The predicted octanol–water partition coefficient (Wildman–Crippen LogP) is 9.23. The van der Waals surface area contributed by atoms with Gasteiger partial charge in [0.15, 0.2) is 0 Å². The fourth-order valence-electron chi connectivity index (χ4n) is 7.89. The van der Waals surface area contributed by atoms with Crippen LogP contribution in [0.1, 0.15) is 81.8 Å². The van der Waals surface area contributed by atoms with E-state index in [-0.39, 0.29) is 24.8 Å². The third-order valence-electron chi connectivity index (χ3n) is 9.10. The smallest absolute Gasteiger partial charge is 0.147 e. The van der Waals surface area contributed by atoms with Gasteiger partial charge in [-0.2, -0.15) is 0 Å². The molecule has 0 unspecified atom stereocenters. The molecule has 0 spiro atoms. The Balaban J connectivity index is 0.00000130. The molecule has 2 fully saturated rings. The molecule has 33 heavy (non-hydrogen) atoms. The quantitative estimate of drug-likeness (QED) is 0.298. The normalized spacial score (nSPS) is 20.4. The molecule has 0 heterocycles. The number of hydrogen-bond donors (Lipinski definition) is 0. The first kappa shape index (κ1) is 25.5. The van der Waals surface area contributed by atoms with Gasteiger partial charge in [0.25, 0.3) is 0 Å². The number of halogens is 2. The van der Waals surface area contributed by atoms with Crippen LogP contribution >= 0.6 is 24.8 Å². The van der Waals surface area contributed by atoms with Crippen molar-refractivity contribution in [2.75, 3.05) is 0 Å². The monoisotopic (exact) mass is 558 g/mol. The van der Waals surface area contributed by atoms with E-state index in [0.717, 1.165) is 7.25 Å². The maximum absolute atomic E-state index is 2.90. The molecule has 0 aliphatic heterocycles. The summed E-state index contributed by atoms with van der Waals surface area (Å²) in [7, 11) is 0. The van der Waals surface area contributed by atoms with Crippen LogP contribution in [0.2, 0.25) is 7.25 Å². The largest absolute Gasteiger partial charge is 0.147 e. The van der Waals surface area contributed by atoms with Gasteiger partial charge in [0.05, 0.1) is 0 Å². The van der Waals surface area contributed by atoms with Crippen LogP contribution in [0.4, 0.5) is 0 Å². The van der Waals surface area contributed by atoms with E-state index in [9.17, 15) is 0 Å². The zero-order valence-electron chi connectivity index (χ0n) is 19.7. The van der Waals surface area contributed by atoms with Crippen molar-refractivity contribution in [2.24, 2.45) is 0 Å². The molecule has 0 amide bonds. The molecule has 0 radical (unpaired) electrons. The summed E-state index contributed by atoms with van der Waals surface area (Å²) in [5.41, 5.74) is 6.41. The van der Waals surface area contributed by atoms with E-state index in [2.05, 4.69) is 60.7 Å². The van der Waals surface area contributed by atoms with Gasteiger partial charge in [0.1, 0.15) is 0 Å². The van der Waals surface area contributed by atoms with Gasteiger partial charge in [-0.3, -0.25) is 0 Å². The SMILES string of the molecule is C1=CC[C]([Zr]([c]2cccc3c2Cc2ccccc2-3)([CH]2CCCCC2)[CH]2CCCCC2)=C1.Cl.Cl. The molecule has 2 saturated carbocycles. The van der Waals surface area contributed by atoms with Crippen LogP contribution in [0.5, 0.6) is 0 Å². The molecule has 3 heteroatoms. The van der Waals surface area contributed by atoms with Gasteiger partial charge in [-0.1, -0.05) is 0 Å². The summed E-state index contributed by atoms with van der Waals surface area (Å²) >= 11 is -2.90. The van der Waals surface area contributed by atoms with Crippen molar-refractivity contribution in [2.45, 2.75) is 84.3 Å². The van der Waals surface area contributed by atoms with Gasteiger partial charge >= 0.3 is 194 Å². The van der Waals surface area contributed by atoms with Crippen molar-refractivity contribution >= 4 is 28.1 Å². The Morgan fingerprint density at radius 1 is 0.667 bits per heavy atom. The minimum absolute atomic E-state index is 0. The second-order valence-corrected chi connectivity index (χ2v) is 21.7. The third-order valence-corrected chi connectivity index (χ3v) is 25.1. The minimum atomic E-state index is -2.90. The Kier molecular flexibility index (Phi) is 8.47. The zero-order valence-corrected chi connectivity index (χ0v) is 23.8. The molecule has 2 aromatic carbocycles. The van der Waals surface area contributed by atoms with Crippen molar-refractivity contribution in [1.29, 1.82) is 0 Å². The second-order valence-electron chi connectivity index (χ2n) is 10.5. The summed E-state index contributed by atoms with van der Waals surface area (Å²) in [6.45, 7) is 0. The average molecular weight is 561 g/mol. The molecule has 0 aromatic heterocycles. The Morgan fingerprint density at radius 2 is 1.30 bits per heavy atom. The topological polar surface area (TPSA) is 0 Å². The van der Waals surface area contributed by atoms with E-state index in [0.29, 0.717) is 0 Å². The summed E-state index contributed by atoms with van der Waals surface area (Å²) in [6.07, 6.45) is 24.9. The zero-order chi connectivity index (χ0) is 20.7. The van der Waals surface area contributed by atoms with Gasteiger partial charge in [0, 0.05) is 0 Å². The Morgan fingerprint density at radius 3 is 1.94 bits per heavy atom. The van der Waals surface area contributed by atoms with Crippen molar-refractivity contribution in [3.8, 4) is 11.1 Å². The molecule has 0 nitrogen and oxygen atoms in total. The molecule has 176 valence electrons. The number of allylic oxidation sites excluding steroid dienone is 4. The average Bonchev–Trinajstić information content (AvgIpc) is 3.50. The van der Waals surface area contributed by atoms with E-state index in [1.54, 1.807) is 16.7 Å². The van der Waals surface area contributed by atoms with E-state index in [1.165, 1.54) is 82.6 Å². The molecule has 0 atom stereocenters. The summed E-state index contributed by atoms with van der Waals surface area (Å²) in [5, 5.41) is 0. The summed E-state index contributed by atoms with van der Waals surface area (Å²) in [4.78, 5) is 0. The maximum Gasteiger partial charge on any atom is -0.147 e. The van der Waals surface area contributed by atoms with Crippen LogP contribution in [0, 0.1) is 0 Å². The number of hydrogen-bond acceptors (Lipinski definition) is 0. The first-order chi connectivity index (χ1) is 15.4.